The van der Waals surface area contributed by atoms with Gasteiger partial charge < -0.3 is 15.2 Å². The highest BCUT2D eigenvalue weighted by Gasteiger charge is 2.38. The zero-order valence-electron chi connectivity index (χ0n) is 20.6. The molecular formula is C23H42N4O4S. The van der Waals surface area contributed by atoms with Crippen LogP contribution in [0.15, 0.2) is 11.8 Å². The number of amides is 2. The number of nitrogens with zero attached hydrogens (tertiary/aromatic N) is 2. The van der Waals surface area contributed by atoms with E-state index in [1.807, 2.05) is 34.7 Å². The maximum Gasteiger partial charge on any atom is 0.252 e. The average molecular weight is 471 g/mol. The van der Waals surface area contributed by atoms with E-state index in [1.165, 1.54) is 6.08 Å². The molecule has 184 valence electrons. The Morgan fingerprint density at radius 3 is 2.44 bits per heavy atom. The topological polar surface area (TPSA) is 97.1 Å². The van der Waals surface area contributed by atoms with Crippen molar-refractivity contribution in [2.45, 2.75) is 77.7 Å². The lowest BCUT2D eigenvalue weighted by Crippen LogP contribution is -2.59. The highest BCUT2D eigenvalue weighted by atomic mass is 32.2. The molecule has 0 aromatic rings. The Bertz CT molecular complexity index is 669. The quantitative estimate of drug-likeness (QED) is 0.392. The monoisotopic (exact) mass is 470 g/mol. The molecule has 8 nitrogen and oxygen atoms in total. The number of carbonyl (C=O) groups is 2. The minimum absolute atomic E-state index is 0.217. The predicted molar refractivity (Wildman–Crippen MR) is 129 cm³/mol. The number of piperidine rings is 1. The van der Waals surface area contributed by atoms with Crippen LogP contribution in [-0.2, 0) is 19.1 Å². The minimum atomic E-state index is -0.818. The van der Waals surface area contributed by atoms with Gasteiger partial charge in [-0.05, 0) is 59.3 Å². The van der Waals surface area contributed by atoms with Crippen molar-refractivity contribution in [3.05, 3.63) is 11.8 Å². The molecule has 2 amide bonds. The molecule has 0 saturated carbocycles. The van der Waals surface area contributed by atoms with Gasteiger partial charge in [0.05, 0.1) is 12.1 Å². The maximum absolute atomic E-state index is 12.9. The van der Waals surface area contributed by atoms with E-state index in [-0.39, 0.29) is 12.2 Å². The third kappa shape index (κ3) is 7.45. The SMILES string of the molecule is CSN1CCC(N(C)C(C)(C)C(=O)NC(=O)C=C(N)C(C)(C)COC2CCCCO2)CC1. The molecule has 1 unspecified atom stereocenters. The molecule has 0 spiro atoms. The van der Waals surface area contributed by atoms with Gasteiger partial charge in [-0.25, -0.2) is 0 Å². The number of likely N-dealkylation sites (N-methyl/N-ethyl adjacent to an activating group) is 1. The van der Waals surface area contributed by atoms with E-state index in [0.29, 0.717) is 25.0 Å². The molecule has 2 saturated heterocycles. The van der Waals surface area contributed by atoms with E-state index in [1.54, 1.807) is 11.9 Å². The lowest BCUT2D eigenvalue weighted by atomic mass is 9.90. The van der Waals surface area contributed by atoms with Crippen molar-refractivity contribution < 1.29 is 19.1 Å². The fourth-order valence-electron chi connectivity index (χ4n) is 3.89. The summed E-state index contributed by atoms with van der Waals surface area (Å²) >= 11 is 1.76. The molecule has 0 aromatic carbocycles. The Hall–Kier alpha value is -1.13. The largest absolute Gasteiger partial charge is 0.401 e. The van der Waals surface area contributed by atoms with Crippen molar-refractivity contribution >= 4 is 23.8 Å². The molecule has 0 aromatic heterocycles. The van der Waals surface area contributed by atoms with Gasteiger partial charge in [0, 0.05) is 42.9 Å². The van der Waals surface area contributed by atoms with Gasteiger partial charge in [0.1, 0.15) is 0 Å². The molecular weight excluding hydrogens is 428 g/mol. The molecule has 2 aliphatic rings. The minimum Gasteiger partial charge on any atom is -0.401 e. The summed E-state index contributed by atoms with van der Waals surface area (Å²) in [6.45, 7) is 10.6. The van der Waals surface area contributed by atoms with Gasteiger partial charge >= 0.3 is 0 Å². The molecule has 2 fully saturated rings. The highest BCUT2D eigenvalue weighted by Crippen LogP contribution is 2.27. The van der Waals surface area contributed by atoms with E-state index in [4.69, 9.17) is 15.2 Å². The summed E-state index contributed by atoms with van der Waals surface area (Å²) < 4.78 is 13.8. The molecule has 2 rings (SSSR count). The molecule has 2 aliphatic heterocycles. The van der Waals surface area contributed by atoms with Crippen LogP contribution in [0.4, 0.5) is 0 Å². The summed E-state index contributed by atoms with van der Waals surface area (Å²) in [5, 5.41) is 2.51. The van der Waals surface area contributed by atoms with Crippen LogP contribution in [0, 0.1) is 5.41 Å². The maximum atomic E-state index is 12.9. The zero-order chi connectivity index (χ0) is 23.9. The van der Waals surface area contributed by atoms with Gasteiger partial charge in [-0.2, -0.15) is 0 Å². The van der Waals surface area contributed by atoms with Crippen LogP contribution >= 0.6 is 11.9 Å². The van der Waals surface area contributed by atoms with Crippen molar-refractivity contribution in [3.8, 4) is 0 Å². The number of nitrogens with one attached hydrogen (secondary N) is 1. The number of carbonyl (C=O) groups excluding carboxylic acids is 2. The second-order valence-corrected chi connectivity index (χ2v) is 10.8. The van der Waals surface area contributed by atoms with Crippen LogP contribution in [0.3, 0.4) is 0 Å². The first-order chi connectivity index (χ1) is 15.0. The first-order valence-electron chi connectivity index (χ1n) is 11.6. The lowest BCUT2D eigenvalue weighted by Gasteiger charge is -2.43. The first-order valence-corrected chi connectivity index (χ1v) is 12.7. The van der Waals surface area contributed by atoms with Gasteiger partial charge in [0.2, 0.25) is 5.91 Å². The first kappa shape index (κ1) is 27.1. The lowest BCUT2D eigenvalue weighted by molar-refractivity contribution is -0.173. The van der Waals surface area contributed by atoms with Crippen LogP contribution in [0.2, 0.25) is 0 Å². The number of hydrogen-bond acceptors (Lipinski definition) is 8. The number of ether oxygens (including phenoxy) is 2. The van der Waals surface area contributed by atoms with Crippen LogP contribution in [0.5, 0.6) is 0 Å². The molecule has 2 heterocycles. The van der Waals surface area contributed by atoms with Crippen LogP contribution in [-0.4, -0.2) is 78.5 Å². The van der Waals surface area contributed by atoms with Gasteiger partial charge in [-0.3, -0.25) is 24.1 Å². The van der Waals surface area contributed by atoms with Crippen molar-refractivity contribution in [2.75, 3.05) is 39.6 Å². The van der Waals surface area contributed by atoms with Crippen LogP contribution in [0.1, 0.15) is 59.8 Å². The molecule has 0 aliphatic carbocycles. The Balaban J connectivity index is 1.90. The van der Waals surface area contributed by atoms with Crippen molar-refractivity contribution in [2.24, 2.45) is 11.1 Å². The van der Waals surface area contributed by atoms with Crippen LogP contribution in [0.25, 0.3) is 0 Å². The molecule has 1 atom stereocenters. The van der Waals surface area contributed by atoms with Gasteiger partial charge in [0.15, 0.2) is 6.29 Å². The molecule has 3 N–H and O–H groups in total. The molecule has 0 bridgehead atoms. The number of imide groups is 1. The zero-order valence-corrected chi connectivity index (χ0v) is 21.4. The number of rotatable bonds is 9. The van der Waals surface area contributed by atoms with Crippen LogP contribution < -0.4 is 11.1 Å². The van der Waals surface area contributed by atoms with E-state index in [2.05, 4.69) is 20.8 Å². The van der Waals surface area contributed by atoms with Crippen molar-refractivity contribution in [1.29, 1.82) is 0 Å². The van der Waals surface area contributed by atoms with E-state index in [9.17, 15) is 9.59 Å². The third-order valence-electron chi connectivity index (χ3n) is 6.74. The average Bonchev–Trinajstić information content (AvgIpc) is 2.77. The van der Waals surface area contributed by atoms with Gasteiger partial charge in [-0.1, -0.05) is 25.8 Å². The van der Waals surface area contributed by atoms with E-state index < -0.39 is 16.9 Å². The summed E-state index contributed by atoms with van der Waals surface area (Å²) in [5.74, 6) is -0.834. The highest BCUT2D eigenvalue weighted by molar-refractivity contribution is 7.96. The number of hydrogen-bond donors (Lipinski definition) is 2. The van der Waals surface area contributed by atoms with E-state index >= 15 is 0 Å². The summed E-state index contributed by atoms with van der Waals surface area (Å²) in [6, 6.07) is 0.299. The smallest absolute Gasteiger partial charge is 0.252 e. The standard InChI is InChI=1S/C23H42N4O4S/c1-22(2,16-31-20-9-7-8-14-30-20)18(24)15-19(28)25-21(29)23(3,4)26(5)17-10-12-27(32-6)13-11-17/h15,17,20H,7-14,16,24H2,1-6H3,(H,25,28,29). The van der Waals surface area contributed by atoms with Crippen molar-refractivity contribution in [1.82, 2.24) is 14.5 Å². The Morgan fingerprint density at radius 1 is 1.22 bits per heavy atom. The Labute approximate surface area is 197 Å². The summed E-state index contributed by atoms with van der Waals surface area (Å²) in [6.07, 6.45) is 8.17. The summed E-state index contributed by atoms with van der Waals surface area (Å²) in [5.41, 5.74) is 5.20. The Kier molecular flexibility index (Phi) is 10.0. The third-order valence-corrected chi connectivity index (χ3v) is 7.62. The summed E-state index contributed by atoms with van der Waals surface area (Å²) in [4.78, 5) is 27.6. The van der Waals surface area contributed by atoms with Gasteiger partial charge in [-0.15, -0.1) is 0 Å². The molecule has 9 heteroatoms. The Morgan fingerprint density at radius 2 is 1.88 bits per heavy atom. The normalized spacial score (nSPS) is 22.2. The number of nitrogens with two attached hydrogens (primary N) is 1. The second kappa shape index (κ2) is 11.8. The molecule has 0 radical (unpaired) electrons. The second-order valence-electron chi connectivity index (χ2n) is 9.92. The fraction of sp³-hybridized carbons (Fsp3) is 0.826. The van der Waals surface area contributed by atoms with Crippen molar-refractivity contribution in [3.63, 3.8) is 0 Å². The van der Waals surface area contributed by atoms with Gasteiger partial charge in [0.25, 0.3) is 5.91 Å². The molecule has 32 heavy (non-hydrogen) atoms. The predicted octanol–water partition coefficient (Wildman–Crippen LogP) is 2.49. The van der Waals surface area contributed by atoms with E-state index in [0.717, 1.165) is 45.2 Å². The summed E-state index contributed by atoms with van der Waals surface area (Å²) in [7, 11) is 1.96. The fourth-order valence-corrected chi connectivity index (χ4v) is 4.47.